The molecule has 0 unspecified atom stereocenters. The van der Waals surface area contributed by atoms with Gasteiger partial charge in [0.1, 0.15) is 0 Å². The minimum atomic E-state index is -0.0670. The molecular formula is C20H21N3OS. The van der Waals surface area contributed by atoms with E-state index in [9.17, 15) is 4.79 Å². The van der Waals surface area contributed by atoms with Crippen LogP contribution in [0.4, 0.5) is 0 Å². The smallest absolute Gasteiger partial charge is 0.272 e. The molecule has 0 saturated carbocycles. The van der Waals surface area contributed by atoms with Gasteiger partial charge in [-0.3, -0.25) is 9.48 Å². The SMILES string of the molecule is Cc1ccc(CCNC(=O)c2nn(C)c3c2CCc2sccc2-3)cc1. The van der Waals surface area contributed by atoms with Gasteiger partial charge in [0.2, 0.25) is 0 Å². The van der Waals surface area contributed by atoms with E-state index in [0.29, 0.717) is 12.2 Å². The van der Waals surface area contributed by atoms with Crippen LogP contribution in [0.15, 0.2) is 35.7 Å². The van der Waals surface area contributed by atoms with Gasteiger partial charge in [-0.05, 0) is 43.2 Å². The van der Waals surface area contributed by atoms with Gasteiger partial charge in [-0.2, -0.15) is 5.10 Å². The van der Waals surface area contributed by atoms with Crippen LogP contribution < -0.4 is 5.32 Å². The molecule has 0 saturated heterocycles. The number of hydrogen-bond acceptors (Lipinski definition) is 3. The van der Waals surface area contributed by atoms with Crippen molar-refractivity contribution in [3.8, 4) is 11.3 Å². The highest BCUT2D eigenvalue weighted by atomic mass is 32.1. The summed E-state index contributed by atoms with van der Waals surface area (Å²) in [5.74, 6) is -0.0670. The van der Waals surface area contributed by atoms with Gasteiger partial charge < -0.3 is 5.32 Å². The summed E-state index contributed by atoms with van der Waals surface area (Å²) in [6.07, 6.45) is 2.71. The first-order chi connectivity index (χ1) is 12.1. The number of thiophene rings is 1. The zero-order chi connectivity index (χ0) is 17.4. The molecule has 0 bridgehead atoms. The summed E-state index contributed by atoms with van der Waals surface area (Å²) in [6, 6.07) is 10.6. The van der Waals surface area contributed by atoms with E-state index in [1.165, 1.54) is 21.6 Å². The Kier molecular flexibility index (Phi) is 4.17. The number of carbonyl (C=O) groups excluding carboxylic acids is 1. The molecule has 0 fully saturated rings. The second-order valence-electron chi connectivity index (χ2n) is 6.55. The maximum absolute atomic E-state index is 12.6. The van der Waals surface area contributed by atoms with Crippen LogP contribution in [-0.4, -0.2) is 22.2 Å². The quantitative estimate of drug-likeness (QED) is 0.782. The van der Waals surface area contributed by atoms with E-state index in [4.69, 9.17) is 0 Å². The van der Waals surface area contributed by atoms with Crippen molar-refractivity contribution < 1.29 is 4.79 Å². The number of carbonyl (C=O) groups is 1. The van der Waals surface area contributed by atoms with Crippen LogP contribution in [0.1, 0.15) is 32.1 Å². The maximum Gasteiger partial charge on any atom is 0.272 e. The second kappa shape index (κ2) is 6.48. The minimum Gasteiger partial charge on any atom is -0.350 e. The number of benzene rings is 1. The van der Waals surface area contributed by atoms with Gasteiger partial charge in [-0.15, -0.1) is 11.3 Å². The Balaban J connectivity index is 1.48. The molecule has 1 aliphatic carbocycles. The molecule has 25 heavy (non-hydrogen) atoms. The summed E-state index contributed by atoms with van der Waals surface area (Å²) in [5, 5.41) is 9.67. The summed E-state index contributed by atoms with van der Waals surface area (Å²) in [5.41, 5.74) is 6.49. The third kappa shape index (κ3) is 3.00. The van der Waals surface area contributed by atoms with Crippen molar-refractivity contribution in [2.45, 2.75) is 26.2 Å². The van der Waals surface area contributed by atoms with E-state index in [1.54, 1.807) is 11.3 Å². The molecule has 1 aliphatic rings. The lowest BCUT2D eigenvalue weighted by Gasteiger charge is -2.13. The highest BCUT2D eigenvalue weighted by Crippen LogP contribution is 2.37. The van der Waals surface area contributed by atoms with E-state index in [2.05, 4.69) is 53.1 Å². The second-order valence-corrected chi connectivity index (χ2v) is 7.55. The summed E-state index contributed by atoms with van der Waals surface area (Å²) in [4.78, 5) is 14.0. The molecular weight excluding hydrogens is 330 g/mol. The monoisotopic (exact) mass is 351 g/mol. The van der Waals surface area contributed by atoms with E-state index in [1.807, 2.05) is 11.7 Å². The van der Waals surface area contributed by atoms with Gasteiger partial charge in [-0.25, -0.2) is 0 Å². The molecule has 3 aromatic rings. The summed E-state index contributed by atoms with van der Waals surface area (Å²) in [7, 11) is 1.93. The Morgan fingerprint density at radius 3 is 2.84 bits per heavy atom. The first kappa shape index (κ1) is 16.1. The van der Waals surface area contributed by atoms with Gasteiger partial charge in [-0.1, -0.05) is 29.8 Å². The largest absolute Gasteiger partial charge is 0.350 e. The lowest BCUT2D eigenvalue weighted by molar-refractivity contribution is 0.0947. The maximum atomic E-state index is 12.6. The zero-order valence-electron chi connectivity index (χ0n) is 14.5. The van der Waals surface area contributed by atoms with Gasteiger partial charge in [0.25, 0.3) is 5.91 Å². The predicted molar refractivity (Wildman–Crippen MR) is 101 cm³/mol. The molecule has 1 amide bonds. The first-order valence-electron chi connectivity index (χ1n) is 8.60. The average molecular weight is 351 g/mol. The number of aromatic nitrogens is 2. The Morgan fingerprint density at radius 2 is 2.04 bits per heavy atom. The first-order valence-corrected chi connectivity index (χ1v) is 9.48. The molecule has 5 heteroatoms. The molecule has 0 spiro atoms. The predicted octanol–water partition coefficient (Wildman–Crippen LogP) is 3.53. The van der Waals surface area contributed by atoms with Gasteiger partial charge >= 0.3 is 0 Å². The van der Waals surface area contributed by atoms with Crippen LogP contribution in [0.25, 0.3) is 11.3 Å². The standard InChI is InChI=1S/C20H21N3OS/c1-13-3-5-14(6-4-13)9-11-21-20(24)18-16-7-8-17-15(10-12-25-17)19(16)23(2)22-18/h3-6,10,12H,7-9,11H2,1-2H3,(H,21,24). The van der Waals surface area contributed by atoms with Crippen molar-refractivity contribution >= 4 is 17.2 Å². The third-order valence-corrected chi connectivity index (χ3v) is 5.76. The fourth-order valence-corrected chi connectivity index (χ4v) is 4.35. The normalized spacial score (nSPS) is 12.6. The van der Waals surface area contributed by atoms with Crippen LogP contribution in [0.3, 0.4) is 0 Å². The third-order valence-electron chi connectivity index (χ3n) is 4.78. The highest BCUT2D eigenvalue weighted by molar-refractivity contribution is 7.10. The van der Waals surface area contributed by atoms with E-state index in [-0.39, 0.29) is 5.91 Å². The van der Waals surface area contributed by atoms with E-state index in [0.717, 1.165) is 30.5 Å². The van der Waals surface area contributed by atoms with Crippen LogP contribution in [0.5, 0.6) is 0 Å². The lowest BCUT2D eigenvalue weighted by atomic mass is 9.94. The van der Waals surface area contributed by atoms with Crippen molar-refractivity contribution in [1.29, 1.82) is 0 Å². The van der Waals surface area contributed by atoms with Crippen molar-refractivity contribution in [3.63, 3.8) is 0 Å². The fraction of sp³-hybridized carbons (Fsp3) is 0.300. The summed E-state index contributed by atoms with van der Waals surface area (Å²) >= 11 is 1.79. The Morgan fingerprint density at radius 1 is 1.24 bits per heavy atom. The number of fused-ring (bicyclic) bond motifs is 3. The number of aryl methyl sites for hydroxylation is 3. The van der Waals surface area contributed by atoms with Gasteiger partial charge in [0.05, 0.1) is 5.69 Å². The summed E-state index contributed by atoms with van der Waals surface area (Å²) < 4.78 is 1.86. The fourth-order valence-electron chi connectivity index (χ4n) is 3.47. The van der Waals surface area contributed by atoms with Crippen molar-refractivity contribution in [1.82, 2.24) is 15.1 Å². The van der Waals surface area contributed by atoms with Crippen LogP contribution in [0.2, 0.25) is 0 Å². The van der Waals surface area contributed by atoms with Crippen molar-refractivity contribution in [2.24, 2.45) is 7.05 Å². The minimum absolute atomic E-state index is 0.0670. The van der Waals surface area contributed by atoms with Crippen molar-refractivity contribution in [3.05, 3.63) is 63.0 Å². The van der Waals surface area contributed by atoms with Crippen LogP contribution in [-0.2, 0) is 26.3 Å². The number of nitrogens with zero attached hydrogens (tertiary/aromatic N) is 2. The Labute approximate surface area is 151 Å². The van der Waals surface area contributed by atoms with E-state index < -0.39 is 0 Å². The Bertz CT molecular complexity index is 921. The molecule has 0 aliphatic heterocycles. The van der Waals surface area contributed by atoms with Gasteiger partial charge in [0, 0.05) is 29.6 Å². The molecule has 4 rings (SSSR count). The number of hydrogen-bond donors (Lipinski definition) is 1. The molecule has 128 valence electrons. The van der Waals surface area contributed by atoms with Crippen LogP contribution in [0, 0.1) is 6.92 Å². The molecule has 4 nitrogen and oxygen atoms in total. The molecule has 2 aromatic heterocycles. The van der Waals surface area contributed by atoms with Crippen molar-refractivity contribution in [2.75, 3.05) is 6.54 Å². The lowest BCUT2D eigenvalue weighted by Crippen LogP contribution is -2.27. The Hall–Kier alpha value is -2.40. The van der Waals surface area contributed by atoms with Gasteiger partial charge in [0.15, 0.2) is 5.69 Å². The molecule has 1 N–H and O–H groups in total. The molecule has 0 atom stereocenters. The number of nitrogens with one attached hydrogen (secondary N) is 1. The highest BCUT2D eigenvalue weighted by Gasteiger charge is 2.27. The van der Waals surface area contributed by atoms with E-state index >= 15 is 0 Å². The van der Waals surface area contributed by atoms with Crippen LogP contribution >= 0.6 is 11.3 Å². The topological polar surface area (TPSA) is 46.9 Å². The zero-order valence-corrected chi connectivity index (χ0v) is 15.3. The molecule has 2 heterocycles. The summed E-state index contributed by atoms with van der Waals surface area (Å²) in [6.45, 7) is 2.70. The number of rotatable bonds is 4. The average Bonchev–Trinajstić information content (AvgIpc) is 3.20. The molecule has 0 radical (unpaired) electrons. The number of amides is 1. The molecule has 1 aromatic carbocycles.